The van der Waals surface area contributed by atoms with Crippen LogP contribution < -0.4 is 0 Å². The van der Waals surface area contributed by atoms with E-state index in [4.69, 9.17) is 0 Å². The summed E-state index contributed by atoms with van der Waals surface area (Å²) in [5, 5.41) is 9.99. The summed E-state index contributed by atoms with van der Waals surface area (Å²) in [7, 11) is 0. The average molecular weight is 259 g/mol. The molecular formula is C12H9F4NO. The fourth-order valence-corrected chi connectivity index (χ4v) is 1.72. The monoisotopic (exact) mass is 259 g/mol. The first-order chi connectivity index (χ1) is 8.35. The lowest BCUT2D eigenvalue weighted by molar-refractivity contribution is -0.249. The minimum Gasteiger partial charge on any atom is -0.371 e. The Kier molecular flexibility index (Phi) is 2.90. The van der Waals surface area contributed by atoms with E-state index in [9.17, 15) is 22.7 Å². The zero-order chi connectivity index (χ0) is 13.4. The van der Waals surface area contributed by atoms with Crippen LogP contribution >= 0.6 is 0 Å². The third-order valence-electron chi connectivity index (χ3n) is 2.66. The molecule has 96 valence electrons. The molecule has 0 fully saturated rings. The van der Waals surface area contributed by atoms with Crippen LogP contribution in [0, 0.1) is 5.82 Å². The van der Waals surface area contributed by atoms with Crippen LogP contribution in [0.25, 0.3) is 0 Å². The Bertz CT molecular complexity index is 518. The van der Waals surface area contributed by atoms with Crippen molar-refractivity contribution < 1.29 is 22.7 Å². The number of rotatable bonds is 2. The zero-order valence-electron chi connectivity index (χ0n) is 9.00. The van der Waals surface area contributed by atoms with E-state index in [-0.39, 0.29) is 0 Å². The molecule has 0 radical (unpaired) electrons. The van der Waals surface area contributed by atoms with E-state index in [0.717, 1.165) is 30.3 Å². The number of alkyl halides is 3. The summed E-state index contributed by atoms with van der Waals surface area (Å²) in [4.78, 5) is 2.33. The van der Waals surface area contributed by atoms with E-state index in [0.29, 0.717) is 0 Å². The number of aliphatic hydroxyl groups is 1. The standard InChI is InChI=1S/C12H9F4NO/c13-9-5-3-8(4-6-9)11(18,12(14,15)16)10-2-1-7-17-10/h1-7,17-18H/t11-/m1/s1. The molecule has 0 unspecified atom stereocenters. The molecule has 0 bridgehead atoms. The second kappa shape index (κ2) is 4.13. The highest BCUT2D eigenvalue weighted by molar-refractivity contribution is 5.34. The number of nitrogens with one attached hydrogen (secondary N) is 1. The van der Waals surface area contributed by atoms with Crippen LogP contribution in [0.15, 0.2) is 42.6 Å². The third kappa shape index (κ3) is 1.88. The van der Waals surface area contributed by atoms with Crippen molar-refractivity contribution in [3.05, 3.63) is 59.7 Å². The number of benzene rings is 1. The summed E-state index contributed by atoms with van der Waals surface area (Å²) in [6.45, 7) is 0. The highest BCUT2D eigenvalue weighted by Gasteiger charge is 2.57. The molecule has 18 heavy (non-hydrogen) atoms. The molecule has 2 aromatic rings. The van der Waals surface area contributed by atoms with E-state index in [1.165, 1.54) is 12.3 Å². The Labute approximate surface area is 99.9 Å². The molecule has 0 spiro atoms. The molecule has 2 nitrogen and oxygen atoms in total. The summed E-state index contributed by atoms with van der Waals surface area (Å²) in [5.41, 5.74) is -4.04. The van der Waals surface area contributed by atoms with Crippen LogP contribution in [0.5, 0.6) is 0 Å². The van der Waals surface area contributed by atoms with Gasteiger partial charge in [-0.1, -0.05) is 12.1 Å². The molecule has 1 aromatic carbocycles. The van der Waals surface area contributed by atoms with Gasteiger partial charge in [-0.3, -0.25) is 0 Å². The van der Waals surface area contributed by atoms with Crippen LogP contribution in [0.3, 0.4) is 0 Å². The first-order valence-corrected chi connectivity index (χ1v) is 5.04. The molecule has 0 aliphatic carbocycles. The summed E-state index contributed by atoms with van der Waals surface area (Å²) < 4.78 is 52.0. The van der Waals surface area contributed by atoms with Gasteiger partial charge in [-0.25, -0.2) is 4.39 Å². The number of H-pyrrole nitrogens is 1. The average Bonchev–Trinajstić information content (AvgIpc) is 2.81. The zero-order valence-corrected chi connectivity index (χ0v) is 9.00. The summed E-state index contributed by atoms with van der Waals surface area (Å²) in [6, 6.07) is 6.02. The summed E-state index contributed by atoms with van der Waals surface area (Å²) in [5.74, 6) is -0.672. The van der Waals surface area contributed by atoms with Crippen molar-refractivity contribution in [1.82, 2.24) is 4.98 Å². The first kappa shape index (κ1) is 12.6. The van der Waals surface area contributed by atoms with Crippen LogP contribution in [-0.4, -0.2) is 16.3 Å². The maximum atomic E-state index is 13.1. The summed E-state index contributed by atoms with van der Waals surface area (Å²) in [6.07, 6.45) is -3.65. The quantitative estimate of drug-likeness (QED) is 0.799. The van der Waals surface area contributed by atoms with Crippen molar-refractivity contribution in [2.45, 2.75) is 11.8 Å². The van der Waals surface area contributed by atoms with Gasteiger partial charge in [-0.15, -0.1) is 0 Å². The Morgan fingerprint density at radius 1 is 1.00 bits per heavy atom. The molecule has 0 aliphatic rings. The van der Waals surface area contributed by atoms with Gasteiger partial charge >= 0.3 is 6.18 Å². The van der Waals surface area contributed by atoms with Gasteiger partial charge in [0.2, 0.25) is 5.60 Å². The molecule has 1 atom stereocenters. The van der Waals surface area contributed by atoms with E-state index < -0.39 is 28.9 Å². The van der Waals surface area contributed by atoms with Crippen molar-refractivity contribution in [3.63, 3.8) is 0 Å². The van der Waals surface area contributed by atoms with Crippen molar-refractivity contribution in [2.75, 3.05) is 0 Å². The Morgan fingerprint density at radius 3 is 2.06 bits per heavy atom. The lowest BCUT2D eigenvalue weighted by Gasteiger charge is -2.30. The van der Waals surface area contributed by atoms with Gasteiger partial charge in [-0.05, 0) is 29.8 Å². The second-order valence-corrected chi connectivity index (χ2v) is 3.80. The predicted molar refractivity (Wildman–Crippen MR) is 56.2 cm³/mol. The van der Waals surface area contributed by atoms with Crippen molar-refractivity contribution >= 4 is 0 Å². The second-order valence-electron chi connectivity index (χ2n) is 3.80. The predicted octanol–water partition coefficient (Wildman–Crippen LogP) is 2.95. The fourth-order valence-electron chi connectivity index (χ4n) is 1.72. The van der Waals surface area contributed by atoms with Crippen LogP contribution in [0.1, 0.15) is 11.3 Å². The Balaban J connectivity index is 2.60. The first-order valence-electron chi connectivity index (χ1n) is 5.04. The SMILES string of the molecule is O[C@](c1ccc(F)cc1)(c1ccc[nH]1)C(F)(F)F. The van der Waals surface area contributed by atoms with E-state index >= 15 is 0 Å². The van der Waals surface area contributed by atoms with Gasteiger partial charge in [0.15, 0.2) is 0 Å². The summed E-state index contributed by atoms with van der Waals surface area (Å²) >= 11 is 0. The van der Waals surface area contributed by atoms with E-state index in [2.05, 4.69) is 4.98 Å². The number of hydrogen-bond donors (Lipinski definition) is 2. The van der Waals surface area contributed by atoms with Crippen LogP contribution in [0.2, 0.25) is 0 Å². The molecular weight excluding hydrogens is 250 g/mol. The number of aromatic amines is 1. The van der Waals surface area contributed by atoms with Gasteiger partial charge in [0.05, 0.1) is 5.69 Å². The molecule has 0 saturated heterocycles. The lowest BCUT2D eigenvalue weighted by Crippen LogP contribution is -2.43. The molecule has 0 saturated carbocycles. The third-order valence-corrected chi connectivity index (χ3v) is 2.66. The van der Waals surface area contributed by atoms with Crippen LogP contribution in [0.4, 0.5) is 17.6 Å². The van der Waals surface area contributed by atoms with Gasteiger partial charge in [0.25, 0.3) is 0 Å². The highest BCUT2D eigenvalue weighted by Crippen LogP contribution is 2.43. The fraction of sp³-hybridized carbons (Fsp3) is 0.167. The van der Waals surface area contributed by atoms with Gasteiger partial charge in [0, 0.05) is 6.20 Å². The molecule has 1 heterocycles. The smallest absolute Gasteiger partial charge is 0.371 e. The Morgan fingerprint density at radius 2 is 1.61 bits per heavy atom. The minimum atomic E-state index is -4.92. The van der Waals surface area contributed by atoms with Gasteiger partial charge < -0.3 is 10.1 Å². The largest absolute Gasteiger partial charge is 0.427 e. The topological polar surface area (TPSA) is 36.0 Å². The number of hydrogen-bond acceptors (Lipinski definition) is 1. The molecule has 0 amide bonds. The number of aromatic nitrogens is 1. The Hall–Kier alpha value is -1.82. The van der Waals surface area contributed by atoms with E-state index in [1.807, 2.05) is 0 Å². The van der Waals surface area contributed by atoms with E-state index in [1.54, 1.807) is 0 Å². The minimum absolute atomic E-state index is 0.415. The van der Waals surface area contributed by atoms with Crippen molar-refractivity contribution in [3.8, 4) is 0 Å². The molecule has 2 N–H and O–H groups in total. The van der Waals surface area contributed by atoms with Gasteiger partial charge in [-0.2, -0.15) is 13.2 Å². The number of halogens is 4. The highest BCUT2D eigenvalue weighted by atomic mass is 19.4. The molecule has 6 heteroatoms. The molecule has 2 rings (SSSR count). The maximum Gasteiger partial charge on any atom is 0.427 e. The van der Waals surface area contributed by atoms with Crippen molar-refractivity contribution in [2.24, 2.45) is 0 Å². The molecule has 1 aromatic heterocycles. The lowest BCUT2D eigenvalue weighted by atomic mass is 9.90. The molecule has 0 aliphatic heterocycles. The van der Waals surface area contributed by atoms with Crippen molar-refractivity contribution in [1.29, 1.82) is 0 Å². The van der Waals surface area contributed by atoms with Gasteiger partial charge in [0.1, 0.15) is 5.82 Å². The normalized spacial score (nSPS) is 15.4. The van der Waals surface area contributed by atoms with Crippen LogP contribution in [-0.2, 0) is 5.60 Å². The maximum absolute atomic E-state index is 13.1.